The summed E-state index contributed by atoms with van der Waals surface area (Å²) in [5.74, 6) is 0. The van der Waals surface area contributed by atoms with Crippen molar-refractivity contribution in [2.45, 2.75) is 32.0 Å². The van der Waals surface area contributed by atoms with Gasteiger partial charge in [-0.3, -0.25) is 0 Å². The van der Waals surface area contributed by atoms with Gasteiger partial charge in [-0.05, 0) is 37.8 Å². The minimum atomic E-state index is -0.577. The summed E-state index contributed by atoms with van der Waals surface area (Å²) < 4.78 is 6.70. The van der Waals surface area contributed by atoms with Gasteiger partial charge in [-0.2, -0.15) is 0 Å². The molecule has 27 heavy (non-hydrogen) atoms. The average Bonchev–Trinajstić information content (AvgIpc) is 3.30. The molecule has 1 atom stereocenters. The van der Waals surface area contributed by atoms with Crippen LogP contribution in [0, 0.1) is 0 Å². The first kappa shape index (κ1) is 16.8. The van der Waals surface area contributed by atoms with Crippen molar-refractivity contribution in [3.8, 4) is 0 Å². The van der Waals surface area contributed by atoms with Crippen LogP contribution in [0.5, 0.6) is 0 Å². The largest absolute Gasteiger partial charge is 0.345 e. The van der Waals surface area contributed by atoms with Crippen LogP contribution in [0.4, 0.5) is 0 Å². The molecule has 3 heterocycles. The van der Waals surface area contributed by atoms with Gasteiger partial charge in [0.05, 0.1) is 12.1 Å². The molecule has 0 radical (unpaired) electrons. The predicted octanol–water partition coefficient (Wildman–Crippen LogP) is 5.85. The van der Waals surface area contributed by atoms with Crippen LogP contribution in [-0.4, -0.2) is 17.0 Å². The molecule has 2 nitrogen and oxygen atoms in total. The van der Waals surface area contributed by atoms with Crippen molar-refractivity contribution >= 4 is 16.9 Å². The Morgan fingerprint density at radius 3 is 2.41 bits per heavy atom. The summed E-state index contributed by atoms with van der Waals surface area (Å²) in [6.45, 7) is 7.49. The molecule has 3 heteroatoms. The van der Waals surface area contributed by atoms with Crippen LogP contribution < -0.4 is 0 Å². The van der Waals surface area contributed by atoms with E-state index < -0.39 is 5.72 Å². The van der Waals surface area contributed by atoms with E-state index in [0.717, 1.165) is 0 Å². The highest BCUT2D eigenvalue weighted by Crippen LogP contribution is 2.55. The van der Waals surface area contributed by atoms with Gasteiger partial charge in [-0.15, -0.1) is 11.3 Å². The number of hydrogen-bond donors (Lipinski definition) is 0. The zero-order valence-electron chi connectivity index (χ0n) is 15.9. The highest BCUT2D eigenvalue weighted by Gasteiger charge is 2.57. The summed E-state index contributed by atoms with van der Waals surface area (Å²) in [6, 6.07) is 23.7. The number of rotatable bonds is 2. The van der Waals surface area contributed by atoms with Gasteiger partial charge in [0.25, 0.3) is 0 Å². The SMILES string of the molecule is CC1=C(c2cccs2)c2ccccc2C2(c3ccccc3)OCC(C)(C)N12. The normalized spacial score (nSPS) is 23.3. The average molecular weight is 374 g/mol. The molecular weight excluding hydrogens is 350 g/mol. The summed E-state index contributed by atoms with van der Waals surface area (Å²) in [5, 5.41) is 2.16. The van der Waals surface area contributed by atoms with Gasteiger partial charge in [-0.25, -0.2) is 0 Å². The Morgan fingerprint density at radius 2 is 1.67 bits per heavy atom. The fourth-order valence-corrected chi connectivity index (χ4v) is 5.63. The van der Waals surface area contributed by atoms with Gasteiger partial charge in [0, 0.05) is 27.3 Å². The summed E-state index contributed by atoms with van der Waals surface area (Å²) in [5.41, 5.74) is 5.62. The molecule has 136 valence electrons. The van der Waals surface area contributed by atoms with Gasteiger partial charge < -0.3 is 9.64 Å². The Labute approximate surface area is 164 Å². The van der Waals surface area contributed by atoms with Gasteiger partial charge in [0.1, 0.15) is 0 Å². The molecule has 2 aliphatic rings. The summed E-state index contributed by atoms with van der Waals surface area (Å²) in [6.07, 6.45) is 0. The van der Waals surface area contributed by atoms with Crippen LogP contribution in [0.2, 0.25) is 0 Å². The summed E-state index contributed by atoms with van der Waals surface area (Å²) >= 11 is 1.80. The predicted molar refractivity (Wildman–Crippen MR) is 112 cm³/mol. The van der Waals surface area contributed by atoms with Crippen molar-refractivity contribution in [3.05, 3.63) is 99.4 Å². The molecule has 0 saturated carbocycles. The number of nitrogens with zero attached hydrogens (tertiary/aromatic N) is 1. The van der Waals surface area contributed by atoms with Crippen molar-refractivity contribution < 1.29 is 4.74 Å². The van der Waals surface area contributed by atoms with Crippen LogP contribution in [-0.2, 0) is 10.5 Å². The Balaban J connectivity index is 1.88. The highest BCUT2D eigenvalue weighted by atomic mass is 32.1. The number of fused-ring (bicyclic) bond motifs is 3. The third-order valence-electron chi connectivity index (χ3n) is 5.75. The minimum absolute atomic E-state index is 0.101. The van der Waals surface area contributed by atoms with E-state index in [0.29, 0.717) is 6.61 Å². The molecule has 0 N–H and O–H groups in total. The molecule has 1 aromatic heterocycles. The zero-order valence-corrected chi connectivity index (χ0v) is 16.7. The Kier molecular flexibility index (Phi) is 3.62. The number of ether oxygens (including phenoxy) is 1. The third-order valence-corrected chi connectivity index (χ3v) is 6.63. The van der Waals surface area contributed by atoms with Crippen molar-refractivity contribution in [2.75, 3.05) is 6.61 Å². The second kappa shape index (κ2) is 5.82. The first-order chi connectivity index (χ1) is 13.1. The van der Waals surface area contributed by atoms with Crippen LogP contribution in [0.1, 0.15) is 42.3 Å². The lowest BCUT2D eigenvalue weighted by atomic mass is 9.80. The van der Waals surface area contributed by atoms with Crippen molar-refractivity contribution in [1.29, 1.82) is 0 Å². The molecule has 0 aliphatic carbocycles. The quantitative estimate of drug-likeness (QED) is 0.558. The van der Waals surface area contributed by atoms with E-state index in [-0.39, 0.29) is 5.54 Å². The second-order valence-corrected chi connectivity index (χ2v) is 8.88. The number of thiophene rings is 1. The number of hydrogen-bond acceptors (Lipinski definition) is 3. The van der Waals surface area contributed by atoms with Gasteiger partial charge in [0.2, 0.25) is 0 Å². The lowest BCUT2D eigenvalue weighted by Crippen LogP contribution is -2.52. The minimum Gasteiger partial charge on any atom is -0.345 e. The maximum Gasteiger partial charge on any atom is 0.194 e. The second-order valence-electron chi connectivity index (χ2n) is 7.93. The smallest absolute Gasteiger partial charge is 0.194 e. The maximum atomic E-state index is 6.70. The van der Waals surface area contributed by atoms with Gasteiger partial charge >= 0.3 is 0 Å². The molecule has 0 bridgehead atoms. The highest BCUT2D eigenvalue weighted by molar-refractivity contribution is 7.11. The molecular formula is C24H23NOS. The summed E-state index contributed by atoms with van der Waals surface area (Å²) in [7, 11) is 0. The molecule has 0 spiro atoms. The van der Waals surface area contributed by atoms with E-state index in [1.165, 1.54) is 32.8 Å². The molecule has 3 aromatic rings. The summed E-state index contributed by atoms with van der Waals surface area (Å²) in [4.78, 5) is 3.82. The Bertz CT molecular complexity index is 1020. The molecule has 0 amide bonds. The van der Waals surface area contributed by atoms with E-state index in [2.05, 4.69) is 97.8 Å². The van der Waals surface area contributed by atoms with Crippen molar-refractivity contribution in [3.63, 3.8) is 0 Å². The van der Waals surface area contributed by atoms with E-state index in [1.54, 1.807) is 11.3 Å². The standard InChI is InChI=1S/C24H23NOS/c1-17-22(21-14-9-15-27-21)19-12-7-8-13-20(19)24(18-10-5-4-6-11-18)25(17)23(2,3)16-26-24/h4-15H,16H2,1-3H3. The van der Waals surface area contributed by atoms with Gasteiger partial charge in [-0.1, -0.05) is 60.7 Å². The third kappa shape index (κ3) is 2.22. The molecule has 1 fully saturated rings. The Morgan fingerprint density at radius 1 is 0.926 bits per heavy atom. The molecule has 2 aliphatic heterocycles. The van der Waals surface area contributed by atoms with E-state index in [9.17, 15) is 0 Å². The van der Waals surface area contributed by atoms with E-state index >= 15 is 0 Å². The first-order valence-corrected chi connectivity index (χ1v) is 10.3. The van der Waals surface area contributed by atoms with Crippen LogP contribution in [0.15, 0.2) is 77.8 Å². The number of benzene rings is 2. The topological polar surface area (TPSA) is 12.5 Å². The number of allylic oxidation sites excluding steroid dienone is 1. The molecule has 1 unspecified atom stereocenters. The van der Waals surface area contributed by atoms with Gasteiger partial charge in [0.15, 0.2) is 5.72 Å². The monoisotopic (exact) mass is 373 g/mol. The fraction of sp³-hybridized carbons (Fsp3) is 0.250. The molecule has 5 rings (SSSR count). The maximum absolute atomic E-state index is 6.70. The zero-order chi connectivity index (χ0) is 18.6. The first-order valence-electron chi connectivity index (χ1n) is 9.40. The van der Waals surface area contributed by atoms with Crippen LogP contribution in [0.25, 0.3) is 5.57 Å². The van der Waals surface area contributed by atoms with Crippen LogP contribution in [0.3, 0.4) is 0 Å². The molecule has 1 saturated heterocycles. The Hall–Kier alpha value is -2.36. The van der Waals surface area contributed by atoms with E-state index in [4.69, 9.17) is 4.74 Å². The van der Waals surface area contributed by atoms with E-state index in [1.807, 2.05) is 0 Å². The molecule has 2 aromatic carbocycles. The lowest BCUT2D eigenvalue weighted by Gasteiger charge is -2.49. The van der Waals surface area contributed by atoms with Crippen molar-refractivity contribution in [1.82, 2.24) is 4.90 Å². The fourth-order valence-electron chi connectivity index (χ4n) is 4.79. The van der Waals surface area contributed by atoms with Crippen LogP contribution >= 0.6 is 11.3 Å². The van der Waals surface area contributed by atoms with Crippen molar-refractivity contribution in [2.24, 2.45) is 0 Å². The lowest BCUT2D eigenvalue weighted by molar-refractivity contribution is -0.0446.